The number of aromatic nitrogens is 1. The van der Waals surface area contributed by atoms with Crippen LogP contribution in [0.1, 0.15) is 37.3 Å². The summed E-state index contributed by atoms with van der Waals surface area (Å²) in [6.07, 6.45) is 10.4. The molecule has 1 aromatic heterocycles. The van der Waals surface area contributed by atoms with E-state index in [1.807, 2.05) is 49.6 Å². The van der Waals surface area contributed by atoms with E-state index >= 15 is 0 Å². The number of esters is 1. The van der Waals surface area contributed by atoms with Crippen molar-refractivity contribution in [3.63, 3.8) is 0 Å². The summed E-state index contributed by atoms with van der Waals surface area (Å²) < 4.78 is 5.48. The van der Waals surface area contributed by atoms with Gasteiger partial charge < -0.3 is 4.74 Å². The fourth-order valence-electron chi connectivity index (χ4n) is 3.79. The molecule has 0 saturated carbocycles. The Hall–Kier alpha value is -2.46. The van der Waals surface area contributed by atoms with E-state index in [0.29, 0.717) is 13.0 Å². The van der Waals surface area contributed by atoms with Gasteiger partial charge in [-0.3, -0.25) is 14.7 Å². The highest BCUT2D eigenvalue weighted by Gasteiger charge is 2.42. The highest BCUT2D eigenvalue weighted by molar-refractivity contribution is 5.77. The Morgan fingerprint density at radius 2 is 2.00 bits per heavy atom. The van der Waals surface area contributed by atoms with Gasteiger partial charge in [0.2, 0.25) is 0 Å². The Kier molecular flexibility index (Phi) is 6.77. The van der Waals surface area contributed by atoms with Crippen molar-refractivity contribution in [1.29, 1.82) is 0 Å². The topological polar surface area (TPSA) is 42.4 Å². The Bertz CT molecular complexity index is 745. The standard InChI is InChI=1S/C23H28N2O2/c1-2-27-22(26)23(13-6-10-20-8-4-3-5-9-20)14-7-17-25(19-23)18-21-11-15-24-16-12-21/h3-6,8-12,15-16H,2,7,13-14,17-19H2,1H3/b10-6+/t23-/m1/s1. The molecule has 0 aliphatic carbocycles. The molecule has 0 spiro atoms. The molecule has 2 heterocycles. The first kappa shape index (κ1) is 19.3. The molecule has 0 radical (unpaired) electrons. The number of carbonyl (C=O) groups is 1. The van der Waals surface area contributed by atoms with Crippen molar-refractivity contribution in [3.8, 4) is 0 Å². The van der Waals surface area contributed by atoms with Gasteiger partial charge in [-0.25, -0.2) is 0 Å². The number of hydrogen-bond acceptors (Lipinski definition) is 4. The molecule has 1 saturated heterocycles. The van der Waals surface area contributed by atoms with E-state index in [2.05, 4.69) is 34.2 Å². The van der Waals surface area contributed by atoms with E-state index in [4.69, 9.17) is 4.74 Å². The minimum absolute atomic E-state index is 0.0675. The second-order valence-corrected chi connectivity index (χ2v) is 7.19. The number of ether oxygens (including phenoxy) is 1. The van der Waals surface area contributed by atoms with E-state index < -0.39 is 5.41 Å². The highest BCUT2D eigenvalue weighted by Crippen LogP contribution is 2.36. The largest absolute Gasteiger partial charge is 0.466 e. The lowest BCUT2D eigenvalue weighted by Gasteiger charge is -2.40. The number of likely N-dealkylation sites (tertiary alicyclic amines) is 1. The van der Waals surface area contributed by atoms with E-state index in [9.17, 15) is 4.79 Å². The maximum absolute atomic E-state index is 12.9. The average Bonchev–Trinajstić information content (AvgIpc) is 2.70. The molecule has 4 heteroatoms. The monoisotopic (exact) mass is 364 g/mol. The van der Waals surface area contributed by atoms with Crippen LogP contribution in [0.15, 0.2) is 60.9 Å². The molecule has 0 bridgehead atoms. The number of piperidine rings is 1. The summed E-state index contributed by atoms with van der Waals surface area (Å²) in [7, 11) is 0. The van der Waals surface area contributed by atoms with Gasteiger partial charge in [0, 0.05) is 25.5 Å². The van der Waals surface area contributed by atoms with Crippen LogP contribution in [0.4, 0.5) is 0 Å². The second kappa shape index (κ2) is 9.47. The minimum Gasteiger partial charge on any atom is -0.466 e. The van der Waals surface area contributed by atoms with Gasteiger partial charge in [0.1, 0.15) is 0 Å². The van der Waals surface area contributed by atoms with Gasteiger partial charge in [0.05, 0.1) is 12.0 Å². The molecule has 1 aliphatic rings. The molecule has 2 aromatic rings. The summed E-state index contributed by atoms with van der Waals surface area (Å²) in [5, 5.41) is 0. The van der Waals surface area contributed by atoms with Gasteiger partial charge >= 0.3 is 5.97 Å². The van der Waals surface area contributed by atoms with E-state index in [0.717, 1.165) is 38.0 Å². The maximum atomic E-state index is 12.9. The van der Waals surface area contributed by atoms with Gasteiger partial charge in [0.15, 0.2) is 0 Å². The average molecular weight is 364 g/mol. The number of hydrogen-bond donors (Lipinski definition) is 0. The summed E-state index contributed by atoms with van der Waals surface area (Å²) >= 11 is 0. The molecule has 1 aliphatic heterocycles. The van der Waals surface area contributed by atoms with E-state index in [1.165, 1.54) is 5.56 Å². The predicted molar refractivity (Wildman–Crippen MR) is 108 cm³/mol. The van der Waals surface area contributed by atoms with Crippen LogP contribution in [0.2, 0.25) is 0 Å². The van der Waals surface area contributed by atoms with Crippen LogP contribution >= 0.6 is 0 Å². The van der Waals surface area contributed by atoms with Crippen LogP contribution in [0.25, 0.3) is 6.08 Å². The zero-order valence-electron chi connectivity index (χ0n) is 16.0. The van der Waals surface area contributed by atoms with Crippen molar-refractivity contribution in [3.05, 3.63) is 72.1 Å². The number of rotatable bonds is 7. The van der Waals surface area contributed by atoms with Gasteiger partial charge in [-0.1, -0.05) is 42.5 Å². The summed E-state index contributed by atoms with van der Waals surface area (Å²) in [4.78, 5) is 19.3. The van der Waals surface area contributed by atoms with E-state index in [-0.39, 0.29) is 5.97 Å². The maximum Gasteiger partial charge on any atom is 0.313 e. The van der Waals surface area contributed by atoms with Gasteiger partial charge in [-0.15, -0.1) is 0 Å². The molecule has 1 aromatic carbocycles. The van der Waals surface area contributed by atoms with Crippen molar-refractivity contribution in [2.45, 2.75) is 32.7 Å². The molecule has 27 heavy (non-hydrogen) atoms. The number of carbonyl (C=O) groups excluding carboxylic acids is 1. The third-order valence-corrected chi connectivity index (χ3v) is 5.14. The lowest BCUT2D eigenvalue weighted by atomic mass is 9.76. The molecule has 4 nitrogen and oxygen atoms in total. The van der Waals surface area contributed by atoms with Crippen LogP contribution in [0.3, 0.4) is 0 Å². The molecule has 3 rings (SSSR count). The van der Waals surface area contributed by atoms with Crippen LogP contribution in [0.5, 0.6) is 0 Å². The Morgan fingerprint density at radius 1 is 1.22 bits per heavy atom. The number of allylic oxidation sites excluding steroid dienone is 1. The fourth-order valence-corrected chi connectivity index (χ4v) is 3.79. The summed E-state index contributed by atoms with van der Waals surface area (Å²) in [6, 6.07) is 14.3. The zero-order valence-corrected chi connectivity index (χ0v) is 16.0. The number of pyridine rings is 1. The van der Waals surface area contributed by atoms with E-state index in [1.54, 1.807) is 0 Å². The summed E-state index contributed by atoms with van der Waals surface area (Å²) in [5.74, 6) is -0.0675. The van der Waals surface area contributed by atoms with Gasteiger partial charge in [0.25, 0.3) is 0 Å². The van der Waals surface area contributed by atoms with Gasteiger partial charge in [-0.05, 0) is 56.0 Å². The van der Waals surface area contributed by atoms with Crippen LogP contribution in [-0.4, -0.2) is 35.5 Å². The van der Waals surface area contributed by atoms with Crippen molar-refractivity contribution in [1.82, 2.24) is 9.88 Å². The predicted octanol–water partition coefficient (Wildman–Crippen LogP) is 4.33. The van der Waals surface area contributed by atoms with Crippen molar-refractivity contribution < 1.29 is 9.53 Å². The van der Waals surface area contributed by atoms with Crippen LogP contribution in [-0.2, 0) is 16.1 Å². The summed E-state index contributed by atoms with van der Waals surface area (Å²) in [5.41, 5.74) is 1.91. The molecule has 142 valence electrons. The van der Waals surface area contributed by atoms with Gasteiger partial charge in [-0.2, -0.15) is 0 Å². The lowest BCUT2D eigenvalue weighted by molar-refractivity contribution is -0.159. The lowest BCUT2D eigenvalue weighted by Crippen LogP contribution is -2.48. The zero-order chi connectivity index (χ0) is 19.0. The first-order valence-electron chi connectivity index (χ1n) is 9.72. The Labute approximate surface area is 161 Å². The third-order valence-electron chi connectivity index (χ3n) is 5.14. The van der Waals surface area contributed by atoms with Crippen molar-refractivity contribution in [2.75, 3.05) is 19.7 Å². The molecule has 1 atom stereocenters. The van der Waals surface area contributed by atoms with Crippen LogP contribution in [0, 0.1) is 5.41 Å². The molecule has 1 fully saturated rings. The first-order chi connectivity index (χ1) is 13.2. The van der Waals surface area contributed by atoms with Crippen molar-refractivity contribution in [2.24, 2.45) is 5.41 Å². The second-order valence-electron chi connectivity index (χ2n) is 7.19. The molecular weight excluding hydrogens is 336 g/mol. The molecule has 0 N–H and O–H groups in total. The normalized spacial score (nSPS) is 20.6. The molecular formula is C23H28N2O2. The molecule has 0 amide bonds. The minimum atomic E-state index is -0.466. The van der Waals surface area contributed by atoms with Crippen LogP contribution < -0.4 is 0 Å². The Balaban J connectivity index is 1.73. The third kappa shape index (κ3) is 5.27. The smallest absolute Gasteiger partial charge is 0.313 e. The van der Waals surface area contributed by atoms with Crippen molar-refractivity contribution >= 4 is 12.0 Å². The fraction of sp³-hybridized carbons (Fsp3) is 0.391. The highest BCUT2D eigenvalue weighted by atomic mass is 16.5. The summed E-state index contributed by atoms with van der Waals surface area (Å²) in [6.45, 7) is 4.88. The first-order valence-corrected chi connectivity index (χ1v) is 9.72. The quantitative estimate of drug-likeness (QED) is 0.686. The number of nitrogens with zero attached hydrogens (tertiary/aromatic N) is 2. The Morgan fingerprint density at radius 3 is 2.74 bits per heavy atom. The number of benzene rings is 1. The molecule has 0 unspecified atom stereocenters. The SMILES string of the molecule is CCOC(=O)[C@]1(C/C=C/c2ccccc2)CCCN(Cc2ccncc2)C1.